The van der Waals surface area contributed by atoms with Gasteiger partial charge in [-0.1, -0.05) is 56.3 Å². The maximum Gasteiger partial charge on any atom is 0.228 e. The molecule has 1 amide bonds. The molecule has 1 aromatic heterocycles. The van der Waals surface area contributed by atoms with E-state index in [9.17, 15) is 4.79 Å². The number of aryl methyl sites for hydroxylation is 1. The Morgan fingerprint density at radius 1 is 1.07 bits per heavy atom. The predicted octanol–water partition coefficient (Wildman–Crippen LogP) is 4.97. The largest absolute Gasteiger partial charge is 0.369 e. The average Bonchev–Trinajstić information content (AvgIpc) is 2.96. The molecule has 0 aliphatic carbocycles. The first-order chi connectivity index (χ1) is 14.3. The summed E-state index contributed by atoms with van der Waals surface area (Å²) in [5.41, 5.74) is 6.07. The highest BCUT2D eigenvalue weighted by Crippen LogP contribution is 2.26. The third-order valence-corrected chi connectivity index (χ3v) is 5.26. The van der Waals surface area contributed by atoms with Crippen LogP contribution < -0.4 is 10.2 Å². The van der Waals surface area contributed by atoms with E-state index in [1.807, 2.05) is 68.0 Å². The lowest BCUT2D eigenvalue weighted by Crippen LogP contribution is -2.21. The second-order valence-corrected chi connectivity index (χ2v) is 8.31. The average molecular weight is 405 g/mol. The van der Waals surface area contributed by atoms with Gasteiger partial charge >= 0.3 is 0 Å². The molecule has 30 heavy (non-hydrogen) atoms. The number of hydrogen-bond donors (Lipinski definition) is 1. The van der Waals surface area contributed by atoms with Crippen LogP contribution in [0.4, 0.5) is 11.4 Å². The molecular formula is C25H32N4O. The number of benzene rings is 2. The van der Waals surface area contributed by atoms with Gasteiger partial charge in [-0.15, -0.1) is 0 Å². The van der Waals surface area contributed by atoms with E-state index in [-0.39, 0.29) is 5.91 Å². The molecule has 5 heteroatoms. The molecule has 3 rings (SSSR count). The Hall–Kier alpha value is -3.08. The van der Waals surface area contributed by atoms with Crippen LogP contribution in [0.15, 0.2) is 54.6 Å². The van der Waals surface area contributed by atoms with Crippen molar-refractivity contribution in [2.75, 3.05) is 17.3 Å². The van der Waals surface area contributed by atoms with Crippen LogP contribution in [0.5, 0.6) is 0 Å². The zero-order chi connectivity index (χ0) is 21.7. The Morgan fingerprint density at radius 2 is 1.73 bits per heavy atom. The molecule has 3 aromatic rings. The quantitative estimate of drug-likeness (QED) is 0.576. The monoisotopic (exact) mass is 404 g/mol. The zero-order valence-electron chi connectivity index (χ0n) is 18.6. The van der Waals surface area contributed by atoms with Gasteiger partial charge in [-0.25, -0.2) is 0 Å². The molecule has 1 N–H and O–H groups in total. The topological polar surface area (TPSA) is 50.2 Å². The van der Waals surface area contributed by atoms with Crippen LogP contribution in [-0.4, -0.2) is 22.7 Å². The lowest BCUT2D eigenvalue weighted by molar-refractivity contribution is -0.115. The Labute approximate surface area is 179 Å². The van der Waals surface area contributed by atoms with E-state index in [0.29, 0.717) is 12.3 Å². The van der Waals surface area contributed by atoms with Crippen LogP contribution in [0.3, 0.4) is 0 Å². The van der Waals surface area contributed by atoms with E-state index in [1.165, 1.54) is 5.56 Å². The second kappa shape index (κ2) is 9.61. The van der Waals surface area contributed by atoms with Gasteiger partial charge in [0.15, 0.2) is 0 Å². The van der Waals surface area contributed by atoms with Gasteiger partial charge in [-0.3, -0.25) is 9.48 Å². The molecule has 0 aliphatic rings. The van der Waals surface area contributed by atoms with Crippen molar-refractivity contribution in [1.82, 2.24) is 9.78 Å². The fourth-order valence-electron chi connectivity index (χ4n) is 3.72. The highest BCUT2D eigenvalue weighted by atomic mass is 16.1. The summed E-state index contributed by atoms with van der Waals surface area (Å²) in [4.78, 5) is 15.0. The normalized spacial score (nSPS) is 11.0. The van der Waals surface area contributed by atoms with Crippen LogP contribution in [0.1, 0.15) is 36.4 Å². The standard InChI is InChI=1S/C25H32N4O/c1-18(2)16-29-20(4)22(19(3)27-29)15-25(30)26-23-13-9-10-14-24(23)28(5)17-21-11-7-6-8-12-21/h6-14,18H,15-17H2,1-5H3,(H,26,30). The fourth-order valence-corrected chi connectivity index (χ4v) is 3.72. The minimum atomic E-state index is -0.0224. The minimum Gasteiger partial charge on any atom is -0.369 e. The van der Waals surface area contributed by atoms with Crippen molar-refractivity contribution in [3.05, 3.63) is 77.1 Å². The molecule has 1 heterocycles. The summed E-state index contributed by atoms with van der Waals surface area (Å²) in [6.07, 6.45) is 0.326. The molecule has 0 atom stereocenters. The second-order valence-electron chi connectivity index (χ2n) is 8.31. The van der Waals surface area contributed by atoms with Crippen molar-refractivity contribution in [1.29, 1.82) is 0 Å². The molecule has 0 aliphatic heterocycles. The van der Waals surface area contributed by atoms with E-state index in [0.717, 1.165) is 41.4 Å². The van der Waals surface area contributed by atoms with Gasteiger partial charge in [0.25, 0.3) is 0 Å². The molecule has 0 spiro atoms. The third kappa shape index (κ3) is 5.29. The molecule has 158 valence electrons. The van der Waals surface area contributed by atoms with Crippen LogP contribution in [0.2, 0.25) is 0 Å². The lowest BCUT2D eigenvalue weighted by Gasteiger charge is -2.23. The highest BCUT2D eigenvalue weighted by molar-refractivity contribution is 5.95. The summed E-state index contributed by atoms with van der Waals surface area (Å²) in [7, 11) is 2.04. The van der Waals surface area contributed by atoms with Crippen molar-refractivity contribution >= 4 is 17.3 Å². The van der Waals surface area contributed by atoms with Crippen molar-refractivity contribution in [2.24, 2.45) is 5.92 Å². The Kier molecular flexibility index (Phi) is 6.93. The molecule has 2 aromatic carbocycles. The summed E-state index contributed by atoms with van der Waals surface area (Å²) in [6, 6.07) is 18.3. The number of carbonyl (C=O) groups is 1. The van der Waals surface area contributed by atoms with Gasteiger partial charge in [-0.05, 0) is 37.5 Å². The predicted molar refractivity (Wildman–Crippen MR) is 124 cm³/mol. The van der Waals surface area contributed by atoms with Crippen molar-refractivity contribution in [3.63, 3.8) is 0 Å². The maximum atomic E-state index is 12.9. The van der Waals surface area contributed by atoms with Gasteiger partial charge in [-0.2, -0.15) is 5.10 Å². The molecular weight excluding hydrogens is 372 g/mol. The molecule has 0 fully saturated rings. The maximum absolute atomic E-state index is 12.9. The Bertz CT molecular complexity index is 992. The van der Waals surface area contributed by atoms with E-state index in [4.69, 9.17) is 0 Å². The molecule has 0 unspecified atom stereocenters. The molecule has 0 saturated heterocycles. The van der Waals surface area contributed by atoms with Crippen molar-refractivity contribution < 1.29 is 4.79 Å². The molecule has 0 saturated carbocycles. The van der Waals surface area contributed by atoms with Gasteiger partial charge in [0.1, 0.15) is 0 Å². The molecule has 0 bridgehead atoms. The first-order valence-electron chi connectivity index (χ1n) is 10.5. The van der Waals surface area contributed by atoms with Gasteiger partial charge in [0.05, 0.1) is 23.5 Å². The number of nitrogens with zero attached hydrogens (tertiary/aromatic N) is 3. The van der Waals surface area contributed by atoms with E-state index >= 15 is 0 Å². The number of nitrogens with one attached hydrogen (secondary N) is 1. The highest BCUT2D eigenvalue weighted by Gasteiger charge is 2.17. The number of aromatic nitrogens is 2. The van der Waals surface area contributed by atoms with E-state index in [1.54, 1.807) is 0 Å². The summed E-state index contributed by atoms with van der Waals surface area (Å²) < 4.78 is 2.02. The lowest BCUT2D eigenvalue weighted by atomic mass is 10.1. The summed E-state index contributed by atoms with van der Waals surface area (Å²) in [5, 5.41) is 7.74. The number of anilines is 2. The summed E-state index contributed by atoms with van der Waals surface area (Å²) in [5.74, 6) is 0.488. The van der Waals surface area contributed by atoms with E-state index < -0.39 is 0 Å². The number of para-hydroxylation sites is 2. The number of amides is 1. The number of rotatable bonds is 8. The number of carbonyl (C=O) groups excluding carboxylic acids is 1. The van der Waals surface area contributed by atoms with Crippen molar-refractivity contribution in [2.45, 2.75) is 47.2 Å². The molecule has 0 radical (unpaired) electrons. The van der Waals surface area contributed by atoms with E-state index in [2.05, 4.69) is 41.3 Å². The SMILES string of the molecule is Cc1nn(CC(C)C)c(C)c1CC(=O)Nc1ccccc1N(C)Cc1ccccc1. The first kappa shape index (κ1) is 21.6. The summed E-state index contributed by atoms with van der Waals surface area (Å²) in [6.45, 7) is 10.0. The fraction of sp³-hybridized carbons (Fsp3) is 0.360. The van der Waals surface area contributed by atoms with Gasteiger partial charge in [0, 0.05) is 31.4 Å². The van der Waals surface area contributed by atoms with Crippen LogP contribution >= 0.6 is 0 Å². The van der Waals surface area contributed by atoms with Crippen molar-refractivity contribution in [3.8, 4) is 0 Å². The third-order valence-electron chi connectivity index (χ3n) is 5.26. The van der Waals surface area contributed by atoms with Crippen LogP contribution in [0.25, 0.3) is 0 Å². The van der Waals surface area contributed by atoms with Gasteiger partial charge < -0.3 is 10.2 Å². The van der Waals surface area contributed by atoms with Crippen LogP contribution in [0, 0.1) is 19.8 Å². The zero-order valence-corrected chi connectivity index (χ0v) is 18.6. The Morgan fingerprint density at radius 3 is 2.43 bits per heavy atom. The Balaban J connectivity index is 1.73. The minimum absolute atomic E-state index is 0.0224. The van der Waals surface area contributed by atoms with Crippen LogP contribution in [-0.2, 0) is 24.3 Å². The van der Waals surface area contributed by atoms with Gasteiger partial charge in [0.2, 0.25) is 5.91 Å². The first-order valence-corrected chi connectivity index (χ1v) is 10.5. The summed E-state index contributed by atoms with van der Waals surface area (Å²) >= 11 is 0. The smallest absolute Gasteiger partial charge is 0.228 e. The molecule has 5 nitrogen and oxygen atoms in total. The number of hydrogen-bond acceptors (Lipinski definition) is 3.